The molecule has 27 heavy (non-hydrogen) atoms. The van der Waals surface area contributed by atoms with Crippen molar-refractivity contribution in [2.45, 2.75) is 4.90 Å². The van der Waals surface area contributed by atoms with Crippen molar-refractivity contribution in [1.82, 2.24) is 4.98 Å². The molecule has 11 heteroatoms. The van der Waals surface area contributed by atoms with Crippen LogP contribution in [0.4, 0.5) is 10.8 Å². The smallest absolute Gasteiger partial charge is 0.374 e. The standard InChI is InChI=1S/C16H13N3O6S2/c20-14(10-25-15(21)13-2-1-8-24-13)18-11-3-5-12(6-4-11)27(22,23)19-16-17-7-9-26-16/h1-9H,10H2,(H,17,19)(H,18,20). The number of aromatic nitrogens is 1. The van der Waals surface area contributed by atoms with E-state index in [1.807, 2.05) is 0 Å². The molecule has 0 radical (unpaired) electrons. The second-order valence-corrected chi connectivity index (χ2v) is 7.65. The summed E-state index contributed by atoms with van der Waals surface area (Å²) in [4.78, 5) is 27.3. The second-order valence-electron chi connectivity index (χ2n) is 5.07. The van der Waals surface area contributed by atoms with Gasteiger partial charge in [-0.05, 0) is 36.4 Å². The summed E-state index contributed by atoms with van der Waals surface area (Å²) in [7, 11) is -3.77. The van der Waals surface area contributed by atoms with Crippen molar-refractivity contribution >= 4 is 44.1 Å². The fourth-order valence-corrected chi connectivity index (χ4v) is 3.75. The fourth-order valence-electron chi connectivity index (χ4n) is 1.96. The molecular weight excluding hydrogens is 394 g/mol. The molecule has 0 saturated heterocycles. The van der Waals surface area contributed by atoms with E-state index in [0.717, 1.165) is 11.3 Å². The molecule has 0 fully saturated rings. The molecule has 2 aromatic heterocycles. The zero-order valence-electron chi connectivity index (χ0n) is 13.6. The number of rotatable bonds is 7. The number of carbonyl (C=O) groups excluding carboxylic acids is 2. The van der Waals surface area contributed by atoms with E-state index in [1.165, 1.54) is 48.9 Å². The van der Waals surface area contributed by atoms with Crippen molar-refractivity contribution < 1.29 is 27.2 Å². The van der Waals surface area contributed by atoms with E-state index in [0.29, 0.717) is 5.69 Å². The van der Waals surface area contributed by atoms with Crippen LogP contribution in [0.3, 0.4) is 0 Å². The Morgan fingerprint density at radius 1 is 1.19 bits per heavy atom. The van der Waals surface area contributed by atoms with Gasteiger partial charge in [-0.15, -0.1) is 11.3 Å². The van der Waals surface area contributed by atoms with Gasteiger partial charge in [-0.25, -0.2) is 18.2 Å². The Morgan fingerprint density at radius 2 is 1.96 bits per heavy atom. The maximum Gasteiger partial charge on any atom is 0.374 e. The van der Waals surface area contributed by atoms with Gasteiger partial charge in [0.15, 0.2) is 11.7 Å². The van der Waals surface area contributed by atoms with Gasteiger partial charge >= 0.3 is 5.97 Å². The van der Waals surface area contributed by atoms with Crippen LogP contribution >= 0.6 is 11.3 Å². The summed E-state index contributed by atoms with van der Waals surface area (Å²) >= 11 is 1.16. The molecular formula is C16H13N3O6S2. The first-order valence-corrected chi connectivity index (χ1v) is 9.83. The lowest BCUT2D eigenvalue weighted by Crippen LogP contribution is -2.20. The molecule has 0 saturated carbocycles. The van der Waals surface area contributed by atoms with Crippen molar-refractivity contribution in [2.75, 3.05) is 16.6 Å². The molecule has 0 spiro atoms. The van der Waals surface area contributed by atoms with Crippen LogP contribution in [0.2, 0.25) is 0 Å². The van der Waals surface area contributed by atoms with E-state index < -0.39 is 28.5 Å². The maximum absolute atomic E-state index is 12.2. The molecule has 0 unspecified atom stereocenters. The number of thiazole rings is 1. The van der Waals surface area contributed by atoms with Gasteiger partial charge in [0.1, 0.15) is 0 Å². The summed E-state index contributed by atoms with van der Waals surface area (Å²) in [6.07, 6.45) is 2.80. The quantitative estimate of drug-likeness (QED) is 0.575. The molecule has 3 aromatic rings. The molecule has 2 heterocycles. The monoisotopic (exact) mass is 407 g/mol. The topological polar surface area (TPSA) is 128 Å². The number of hydrogen-bond donors (Lipinski definition) is 2. The van der Waals surface area contributed by atoms with E-state index >= 15 is 0 Å². The Hall–Kier alpha value is -3.18. The molecule has 0 aliphatic rings. The van der Waals surface area contributed by atoms with Crippen LogP contribution in [0, 0.1) is 0 Å². The molecule has 3 rings (SSSR count). The highest BCUT2D eigenvalue weighted by atomic mass is 32.2. The van der Waals surface area contributed by atoms with Crippen molar-refractivity contribution in [3.8, 4) is 0 Å². The van der Waals surface area contributed by atoms with Crippen molar-refractivity contribution in [3.05, 3.63) is 60.0 Å². The summed E-state index contributed by atoms with van der Waals surface area (Å²) in [6.45, 7) is -0.509. The Balaban J connectivity index is 1.55. The largest absolute Gasteiger partial charge is 0.457 e. The van der Waals surface area contributed by atoms with Crippen molar-refractivity contribution in [1.29, 1.82) is 0 Å². The third kappa shape index (κ3) is 4.92. The Morgan fingerprint density at radius 3 is 2.59 bits per heavy atom. The van der Waals surface area contributed by atoms with Gasteiger partial charge in [0.2, 0.25) is 5.76 Å². The van der Waals surface area contributed by atoms with Gasteiger partial charge in [-0.3, -0.25) is 9.52 Å². The number of furan rings is 1. The number of esters is 1. The van der Waals surface area contributed by atoms with Gasteiger partial charge in [0.25, 0.3) is 15.9 Å². The fraction of sp³-hybridized carbons (Fsp3) is 0.0625. The SMILES string of the molecule is O=C(COC(=O)c1ccco1)Nc1ccc(S(=O)(=O)Nc2nccs2)cc1. The number of nitrogens with one attached hydrogen (secondary N) is 2. The first kappa shape index (κ1) is 18.6. The van der Waals surface area contributed by atoms with Crippen LogP contribution in [0.15, 0.2) is 63.6 Å². The van der Waals surface area contributed by atoms with Gasteiger partial charge in [0.05, 0.1) is 11.2 Å². The van der Waals surface area contributed by atoms with Crippen LogP contribution in [-0.4, -0.2) is 31.9 Å². The van der Waals surface area contributed by atoms with E-state index in [1.54, 1.807) is 5.38 Å². The maximum atomic E-state index is 12.2. The zero-order chi connectivity index (χ0) is 19.3. The van der Waals surface area contributed by atoms with E-state index in [-0.39, 0.29) is 15.8 Å². The van der Waals surface area contributed by atoms with Crippen LogP contribution in [-0.2, 0) is 19.6 Å². The molecule has 0 atom stereocenters. The van der Waals surface area contributed by atoms with E-state index in [4.69, 9.17) is 9.15 Å². The molecule has 0 aliphatic heterocycles. The number of carbonyl (C=O) groups is 2. The Kier molecular flexibility index (Phi) is 5.52. The predicted molar refractivity (Wildman–Crippen MR) is 97.0 cm³/mol. The summed E-state index contributed by atoms with van der Waals surface area (Å²) < 4.78 is 36.5. The molecule has 9 nitrogen and oxygen atoms in total. The van der Waals surface area contributed by atoms with Crippen LogP contribution in [0.25, 0.3) is 0 Å². The summed E-state index contributed by atoms with van der Waals surface area (Å²) in [5, 5.41) is 4.40. The predicted octanol–water partition coefficient (Wildman–Crippen LogP) is 2.33. The number of ether oxygens (including phenoxy) is 1. The summed E-state index contributed by atoms with van der Waals surface area (Å²) in [5.41, 5.74) is 0.349. The summed E-state index contributed by atoms with van der Waals surface area (Å²) in [6, 6.07) is 8.45. The highest BCUT2D eigenvalue weighted by molar-refractivity contribution is 7.93. The molecule has 140 valence electrons. The van der Waals surface area contributed by atoms with Crippen LogP contribution in [0.1, 0.15) is 10.6 Å². The number of anilines is 2. The van der Waals surface area contributed by atoms with E-state index in [2.05, 4.69) is 15.0 Å². The minimum atomic E-state index is -3.77. The first-order chi connectivity index (χ1) is 12.9. The minimum Gasteiger partial charge on any atom is -0.457 e. The lowest BCUT2D eigenvalue weighted by molar-refractivity contribution is -0.119. The number of hydrogen-bond acceptors (Lipinski definition) is 8. The molecule has 2 N–H and O–H groups in total. The molecule has 0 bridgehead atoms. The van der Waals surface area contributed by atoms with Gasteiger partial charge < -0.3 is 14.5 Å². The summed E-state index contributed by atoms with van der Waals surface area (Å²) in [5.74, 6) is -1.35. The highest BCUT2D eigenvalue weighted by Gasteiger charge is 2.16. The van der Waals surface area contributed by atoms with Crippen LogP contribution in [0.5, 0.6) is 0 Å². The Bertz CT molecular complexity index is 1010. The third-order valence-corrected chi connectivity index (χ3v) is 5.33. The molecule has 0 aliphatic carbocycles. The van der Waals surface area contributed by atoms with Gasteiger partial charge in [-0.1, -0.05) is 0 Å². The lowest BCUT2D eigenvalue weighted by atomic mass is 10.3. The average molecular weight is 407 g/mol. The van der Waals surface area contributed by atoms with Crippen LogP contribution < -0.4 is 10.0 Å². The van der Waals surface area contributed by atoms with Crippen molar-refractivity contribution in [2.24, 2.45) is 0 Å². The highest BCUT2D eigenvalue weighted by Crippen LogP contribution is 2.19. The zero-order valence-corrected chi connectivity index (χ0v) is 15.2. The normalized spacial score (nSPS) is 11.0. The van der Waals surface area contributed by atoms with Crippen molar-refractivity contribution in [3.63, 3.8) is 0 Å². The van der Waals surface area contributed by atoms with Gasteiger partial charge in [-0.2, -0.15) is 0 Å². The lowest BCUT2D eigenvalue weighted by Gasteiger charge is -2.08. The number of nitrogens with zero attached hydrogens (tertiary/aromatic N) is 1. The number of sulfonamides is 1. The van der Waals surface area contributed by atoms with Gasteiger partial charge in [0, 0.05) is 17.3 Å². The minimum absolute atomic E-state index is 0.00918. The molecule has 1 amide bonds. The third-order valence-electron chi connectivity index (χ3n) is 3.16. The number of benzene rings is 1. The molecule has 1 aromatic carbocycles. The van der Waals surface area contributed by atoms with E-state index in [9.17, 15) is 18.0 Å². The Labute approximate surface area is 158 Å². The number of amides is 1. The first-order valence-electron chi connectivity index (χ1n) is 7.47. The average Bonchev–Trinajstić information content (AvgIpc) is 3.33. The second kappa shape index (κ2) is 8.01.